The highest BCUT2D eigenvalue weighted by Gasteiger charge is 2.30. The zero-order valence-corrected chi connectivity index (χ0v) is 17.3. The summed E-state index contributed by atoms with van der Waals surface area (Å²) in [7, 11) is 1.92. The molecule has 1 aliphatic rings. The van der Waals surface area contributed by atoms with E-state index in [1.165, 1.54) is 0 Å². The molecule has 3 rings (SSSR count). The molecule has 0 aromatic heterocycles. The number of halogens is 1. The van der Waals surface area contributed by atoms with Crippen molar-refractivity contribution >= 4 is 24.5 Å². The molecule has 2 aromatic rings. The molecular formula is C22H27ClN2O4. The molecule has 2 aromatic carbocycles. The summed E-state index contributed by atoms with van der Waals surface area (Å²) in [5, 5.41) is 3.23. The Morgan fingerprint density at radius 3 is 2.21 bits per heavy atom. The number of hydrogen-bond donors (Lipinski definition) is 1. The third kappa shape index (κ3) is 6.48. The molecule has 0 radical (unpaired) electrons. The molecule has 29 heavy (non-hydrogen) atoms. The zero-order chi connectivity index (χ0) is 19.8. The van der Waals surface area contributed by atoms with E-state index in [-0.39, 0.29) is 19.0 Å². The molecule has 1 atom stereocenters. The van der Waals surface area contributed by atoms with Crippen molar-refractivity contribution in [2.45, 2.75) is 31.6 Å². The number of carbonyl (C=O) groups is 2. The maximum Gasteiger partial charge on any atom is 0.410 e. The minimum Gasteiger partial charge on any atom is -0.458 e. The first-order valence-corrected chi connectivity index (χ1v) is 9.55. The van der Waals surface area contributed by atoms with Crippen LogP contribution in [0.15, 0.2) is 60.7 Å². The minimum absolute atomic E-state index is 0. The summed E-state index contributed by atoms with van der Waals surface area (Å²) in [6.07, 6.45) is 0.152. The van der Waals surface area contributed by atoms with Crippen LogP contribution in [0.4, 0.5) is 4.79 Å². The van der Waals surface area contributed by atoms with Gasteiger partial charge in [-0.1, -0.05) is 60.7 Å². The van der Waals surface area contributed by atoms with Gasteiger partial charge in [0.1, 0.15) is 6.61 Å². The Hall–Kier alpha value is -2.57. The van der Waals surface area contributed by atoms with Crippen LogP contribution in [0.3, 0.4) is 0 Å². The summed E-state index contributed by atoms with van der Waals surface area (Å²) < 4.78 is 11.0. The Morgan fingerprint density at radius 1 is 1.03 bits per heavy atom. The molecule has 0 spiro atoms. The van der Waals surface area contributed by atoms with Crippen molar-refractivity contribution in [2.24, 2.45) is 0 Å². The standard InChI is InChI=1S/C22H26N2O4.ClH/c1-23-19-12-14-24(15-13-19)22(26)28-20(18-10-6-3-7-11-18)21(25)27-16-17-8-4-2-5-9-17;/h2-11,19-20,23H,12-16H2,1H3;1H. The molecule has 7 heteroatoms. The van der Waals surface area contributed by atoms with Gasteiger partial charge in [0.2, 0.25) is 6.10 Å². The van der Waals surface area contributed by atoms with E-state index in [4.69, 9.17) is 9.47 Å². The summed E-state index contributed by atoms with van der Waals surface area (Å²) >= 11 is 0. The zero-order valence-electron chi connectivity index (χ0n) is 16.5. The van der Waals surface area contributed by atoms with Gasteiger partial charge in [0.15, 0.2) is 0 Å². The topological polar surface area (TPSA) is 67.9 Å². The molecule has 6 nitrogen and oxygen atoms in total. The Labute approximate surface area is 177 Å². The molecule has 0 aliphatic carbocycles. The minimum atomic E-state index is -1.08. The molecule has 1 N–H and O–H groups in total. The van der Waals surface area contributed by atoms with Crippen molar-refractivity contribution < 1.29 is 19.1 Å². The number of amides is 1. The summed E-state index contributed by atoms with van der Waals surface area (Å²) in [4.78, 5) is 27.0. The van der Waals surface area contributed by atoms with E-state index >= 15 is 0 Å². The van der Waals surface area contributed by atoms with Crippen molar-refractivity contribution in [3.63, 3.8) is 0 Å². The lowest BCUT2D eigenvalue weighted by Gasteiger charge is -2.32. The van der Waals surface area contributed by atoms with E-state index in [1.54, 1.807) is 29.2 Å². The van der Waals surface area contributed by atoms with E-state index < -0.39 is 18.2 Å². The molecule has 1 fully saturated rings. The van der Waals surface area contributed by atoms with Crippen LogP contribution in [0.1, 0.15) is 30.1 Å². The first kappa shape index (κ1) is 22.7. The second kappa shape index (κ2) is 11.4. The van der Waals surface area contributed by atoms with Gasteiger partial charge in [0.05, 0.1) is 0 Å². The molecule has 1 heterocycles. The molecule has 0 bridgehead atoms. The number of piperidine rings is 1. The average Bonchev–Trinajstić information content (AvgIpc) is 2.77. The Balaban J connectivity index is 0.00000300. The van der Waals surface area contributed by atoms with Crippen LogP contribution in [0, 0.1) is 0 Å². The Kier molecular flexibility index (Phi) is 8.96. The molecule has 1 saturated heterocycles. The van der Waals surface area contributed by atoms with Crippen LogP contribution in [0.5, 0.6) is 0 Å². The summed E-state index contributed by atoms with van der Waals surface area (Å²) in [6, 6.07) is 18.8. The Bertz CT molecular complexity index is 765. The van der Waals surface area contributed by atoms with E-state index in [9.17, 15) is 9.59 Å². The number of ether oxygens (including phenoxy) is 2. The summed E-state index contributed by atoms with van der Waals surface area (Å²) in [5.74, 6) is -0.575. The van der Waals surface area contributed by atoms with Gasteiger partial charge in [-0.3, -0.25) is 0 Å². The monoisotopic (exact) mass is 418 g/mol. The highest BCUT2D eigenvalue weighted by Crippen LogP contribution is 2.22. The smallest absolute Gasteiger partial charge is 0.410 e. The average molecular weight is 419 g/mol. The fourth-order valence-corrected chi connectivity index (χ4v) is 3.21. The second-order valence-corrected chi connectivity index (χ2v) is 6.82. The van der Waals surface area contributed by atoms with Gasteiger partial charge in [-0.15, -0.1) is 12.4 Å². The van der Waals surface area contributed by atoms with Crippen LogP contribution in [-0.4, -0.2) is 43.1 Å². The summed E-state index contributed by atoms with van der Waals surface area (Å²) in [5.41, 5.74) is 1.47. The van der Waals surface area contributed by atoms with Crippen molar-refractivity contribution in [3.8, 4) is 0 Å². The van der Waals surface area contributed by atoms with Crippen LogP contribution >= 0.6 is 12.4 Å². The van der Waals surface area contributed by atoms with Crippen molar-refractivity contribution in [2.75, 3.05) is 20.1 Å². The van der Waals surface area contributed by atoms with E-state index in [2.05, 4.69) is 5.32 Å². The quantitative estimate of drug-likeness (QED) is 0.724. The predicted octanol–water partition coefficient (Wildman–Crippen LogP) is 3.71. The number of esters is 1. The molecule has 0 saturated carbocycles. The second-order valence-electron chi connectivity index (χ2n) is 6.82. The normalized spacial score (nSPS) is 15.1. The summed E-state index contributed by atoms with van der Waals surface area (Å²) in [6.45, 7) is 1.34. The van der Waals surface area contributed by atoms with Crippen LogP contribution < -0.4 is 5.32 Å². The lowest BCUT2D eigenvalue weighted by atomic mass is 10.1. The number of carbonyl (C=O) groups excluding carboxylic acids is 2. The van der Waals surface area contributed by atoms with Crippen molar-refractivity contribution in [1.29, 1.82) is 0 Å². The number of nitrogens with one attached hydrogen (secondary N) is 1. The number of likely N-dealkylation sites (tertiary alicyclic amines) is 1. The van der Waals surface area contributed by atoms with Gasteiger partial charge in [0.25, 0.3) is 0 Å². The van der Waals surface area contributed by atoms with Crippen molar-refractivity contribution in [3.05, 3.63) is 71.8 Å². The third-order valence-corrected chi connectivity index (χ3v) is 4.92. The van der Waals surface area contributed by atoms with E-state index in [1.807, 2.05) is 43.4 Å². The maximum atomic E-state index is 12.7. The van der Waals surface area contributed by atoms with Crippen LogP contribution in [-0.2, 0) is 20.9 Å². The van der Waals surface area contributed by atoms with Gasteiger partial charge < -0.3 is 19.7 Å². The largest absolute Gasteiger partial charge is 0.458 e. The first-order valence-electron chi connectivity index (χ1n) is 9.55. The van der Waals surface area contributed by atoms with Crippen molar-refractivity contribution in [1.82, 2.24) is 10.2 Å². The van der Waals surface area contributed by atoms with Gasteiger partial charge in [-0.05, 0) is 25.5 Å². The number of rotatable bonds is 6. The highest BCUT2D eigenvalue weighted by molar-refractivity contribution is 5.85. The fourth-order valence-electron chi connectivity index (χ4n) is 3.21. The number of hydrogen-bond acceptors (Lipinski definition) is 5. The lowest BCUT2D eigenvalue weighted by Crippen LogP contribution is -2.44. The van der Waals surface area contributed by atoms with Gasteiger partial charge >= 0.3 is 12.1 Å². The van der Waals surface area contributed by atoms with E-state index in [0.29, 0.717) is 24.7 Å². The number of nitrogens with zero attached hydrogens (tertiary/aromatic N) is 1. The van der Waals surface area contributed by atoms with Crippen LogP contribution in [0.25, 0.3) is 0 Å². The first-order chi connectivity index (χ1) is 13.7. The SMILES string of the molecule is CNC1CCN(C(=O)OC(C(=O)OCc2ccccc2)c2ccccc2)CC1.Cl. The Morgan fingerprint density at radius 2 is 1.62 bits per heavy atom. The maximum absolute atomic E-state index is 12.7. The number of benzene rings is 2. The fraction of sp³-hybridized carbons (Fsp3) is 0.364. The highest BCUT2D eigenvalue weighted by atomic mass is 35.5. The molecule has 156 valence electrons. The lowest BCUT2D eigenvalue weighted by molar-refractivity contribution is -0.156. The van der Waals surface area contributed by atoms with Gasteiger partial charge in [-0.25, -0.2) is 9.59 Å². The van der Waals surface area contributed by atoms with Gasteiger partial charge in [-0.2, -0.15) is 0 Å². The molecule has 1 amide bonds. The predicted molar refractivity (Wildman–Crippen MR) is 113 cm³/mol. The molecule has 1 aliphatic heterocycles. The molecular weight excluding hydrogens is 392 g/mol. The molecule has 1 unspecified atom stereocenters. The van der Waals surface area contributed by atoms with Crippen LogP contribution in [0.2, 0.25) is 0 Å². The third-order valence-electron chi connectivity index (χ3n) is 4.92. The van der Waals surface area contributed by atoms with E-state index in [0.717, 1.165) is 18.4 Å². The van der Waals surface area contributed by atoms with Gasteiger partial charge in [0, 0.05) is 24.7 Å².